The number of hydrogen-bond donors (Lipinski definition) is 2. The number of anilines is 1. The minimum absolute atomic E-state index is 0.662. The minimum Gasteiger partial charge on any atom is -0.364 e. The highest BCUT2D eigenvalue weighted by atomic mass is 15.3. The van der Waals surface area contributed by atoms with Crippen molar-refractivity contribution in [3.8, 4) is 5.69 Å². The Morgan fingerprint density at radius 2 is 1.68 bits per heavy atom. The molecule has 2 heterocycles. The number of aryl methyl sites for hydroxylation is 2. The van der Waals surface area contributed by atoms with Gasteiger partial charge in [-0.3, -0.25) is 4.99 Å². The Balaban J connectivity index is 1.36. The lowest BCUT2D eigenvalue weighted by Gasteiger charge is -2.18. The van der Waals surface area contributed by atoms with Crippen LogP contribution in [0.15, 0.2) is 71.7 Å². The fourth-order valence-corrected chi connectivity index (χ4v) is 3.84. The van der Waals surface area contributed by atoms with Crippen LogP contribution in [0, 0.1) is 13.8 Å². The average Bonchev–Trinajstić information content (AvgIpc) is 3.44. The first-order valence-corrected chi connectivity index (χ1v) is 10.7. The van der Waals surface area contributed by atoms with Gasteiger partial charge in [0.05, 0.1) is 11.4 Å². The van der Waals surface area contributed by atoms with Gasteiger partial charge in [0.25, 0.3) is 0 Å². The van der Waals surface area contributed by atoms with Gasteiger partial charge in [-0.15, -0.1) is 0 Å². The first-order chi connectivity index (χ1) is 15.1. The molecule has 0 saturated heterocycles. The molecule has 0 bridgehead atoms. The van der Waals surface area contributed by atoms with Gasteiger partial charge < -0.3 is 15.5 Å². The van der Waals surface area contributed by atoms with Gasteiger partial charge >= 0.3 is 0 Å². The van der Waals surface area contributed by atoms with Crippen LogP contribution < -0.4 is 15.5 Å². The molecule has 2 N–H and O–H groups in total. The van der Waals surface area contributed by atoms with Gasteiger partial charge in [0.1, 0.15) is 0 Å². The molecule has 31 heavy (non-hydrogen) atoms. The number of benzene rings is 2. The van der Waals surface area contributed by atoms with Crippen molar-refractivity contribution in [1.29, 1.82) is 0 Å². The molecule has 3 aromatic rings. The third-order valence-corrected chi connectivity index (χ3v) is 5.48. The van der Waals surface area contributed by atoms with Gasteiger partial charge in [-0.25, -0.2) is 4.68 Å². The van der Waals surface area contributed by atoms with Gasteiger partial charge in [0.2, 0.25) is 0 Å². The summed E-state index contributed by atoms with van der Waals surface area (Å²) in [7, 11) is 1.80. The zero-order valence-corrected chi connectivity index (χ0v) is 18.5. The summed E-state index contributed by atoms with van der Waals surface area (Å²) in [6, 6.07) is 19.1. The van der Waals surface area contributed by atoms with Crippen molar-refractivity contribution in [3.05, 3.63) is 89.3 Å². The Bertz CT molecular complexity index is 1070. The van der Waals surface area contributed by atoms with Crippen LogP contribution in [0.1, 0.15) is 22.5 Å². The summed E-state index contributed by atoms with van der Waals surface area (Å²) < 4.78 is 2.00. The summed E-state index contributed by atoms with van der Waals surface area (Å²) in [4.78, 5) is 6.72. The van der Waals surface area contributed by atoms with Crippen molar-refractivity contribution in [2.45, 2.75) is 26.9 Å². The van der Waals surface area contributed by atoms with Crippen molar-refractivity contribution >= 4 is 11.6 Å². The number of guanidine groups is 1. The molecule has 1 aromatic heterocycles. The molecule has 1 aliphatic rings. The first kappa shape index (κ1) is 20.7. The SMILES string of the molecule is CN=C(NCc1ccc(N2CC=CC2)cc1)NCc1ccccc1-n1nc(C)cc1C. The highest BCUT2D eigenvalue weighted by Crippen LogP contribution is 2.18. The van der Waals surface area contributed by atoms with Crippen LogP contribution in [0.4, 0.5) is 5.69 Å². The predicted molar refractivity (Wildman–Crippen MR) is 128 cm³/mol. The smallest absolute Gasteiger partial charge is 0.191 e. The van der Waals surface area contributed by atoms with Crippen molar-refractivity contribution in [2.75, 3.05) is 25.0 Å². The molecule has 160 valence electrons. The molecule has 0 atom stereocenters. The molecule has 0 aliphatic carbocycles. The van der Waals surface area contributed by atoms with Crippen LogP contribution in [0.5, 0.6) is 0 Å². The monoisotopic (exact) mass is 414 g/mol. The topological polar surface area (TPSA) is 57.5 Å². The molecule has 0 unspecified atom stereocenters. The van der Waals surface area contributed by atoms with Crippen LogP contribution in [0.2, 0.25) is 0 Å². The highest BCUT2D eigenvalue weighted by Gasteiger charge is 2.10. The predicted octanol–water partition coefficient (Wildman–Crippen LogP) is 3.73. The number of nitrogens with zero attached hydrogens (tertiary/aromatic N) is 4. The molecule has 4 rings (SSSR count). The minimum atomic E-state index is 0.662. The van der Waals surface area contributed by atoms with E-state index >= 15 is 0 Å². The number of aromatic nitrogens is 2. The molecule has 0 saturated carbocycles. The first-order valence-electron chi connectivity index (χ1n) is 10.7. The summed E-state index contributed by atoms with van der Waals surface area (Å²) in [5.74, 6) is 0.774. The van der Waals surface area contributed by atoms with E-state index < -0.39 is 0 Å². The van der Waals surface area contributed by atoms with Crippen LogP contribution in [0.25, 0.3) is 5.69 Å². The Hall–Kier alpha value is -3.54. The second-order valence-corrected chi connectivity index (χ2v) is 7.79. The van der Waals surface area contributed by atoms with Crippen molar-refractivity contribution < 1.29 is 0 Å². The van der Waals surface area contributed by atoms with E-state index in [1.165, 1.54) is 16.8 Å². The summed E-state index contributed by atoms with van der Waals surface area (Å²) in [6.45, 7) is 7.47. The van der Waals surface area contributed by atoms with Crippen LogP contribution in [-0.4, -0.2) is 35.9 Å². The lowest BCUT2D eigenvalue weighted by atomic mass is 10.1. The number of rotatable bonds is 6. The third kappa shape index (κ3) is 4.97. The molecule has 6 nitrogen and oxygen atoms in total. The molecule has 0 fully saturated rings. The van der Waals surface area contributed by atoms with Crippen LogP contribution in [0.3, 0.4) is 0 Å². The van der Waals surface area contributed by atoms with Gasteiger partial charge in [-0.05, 0) is 49.2 Å². The molecule has 0 spiro atoms. The van der Waals surface area contributed by atoms with Crippen molar-refractivity contribution in [2.24, 2.45) is 4.99 Å². The van der Waals surface area contributed by atoms with E-state index in [-0.39, 0.29) is 0 Å². The van der Waals surface area contributed by atoms with Crippen molar-refractivity contribution in [1.82, 2.24) is 20.4 Å². The average molecular weight is 415 g/mol. The second-order valence-electron chi connectivity index (χ2n) is 7.79. The number of nitrogens with one attached hydrogen (secondary N) is 2. The number of hydrogen-bond acceptors (Lipinski definition) is 3. The van der Waals surface area contributed by atoms with E-state index in [0.29, 0.717) is 6.54 Å². The Labute approximate surface area is 184 Å². The molecule has 6 heteroatoms. The molecule has 2 aromatic carbocycles. The maximum atomic E-state index is 4.64. The Morgan fingerprint density at radius 1 is 0.968 bits per heavy atom. The lowest BCUT2D eigenvalue weighted by molar-refractivity contribution is 0.781. The second kappa shape index (κ2) is 9.51. The molecular weight excluding hydrogens is 384 g/mol. The van der Waals surface area contributed by atoms with Gasteiger partial charge in [0, 0.05) is 44.6 Å². The number of aliphatic imine (C=N–C) groups is 1. The fourth-order valence-electron chi connectivity index (χ4n) is 3.84. The fraction of sp³-hybridized carbons (Fsp3) is 0.280. The standard InChI is InChI=1S/C25H30N6/c1-19-16-20(2)31(29-19)24-9-5-4-8-22(24)18-28-25(26-3)27-17-21-10-12-23(13-11-21)30-14-6-7-15-30/h4-13,16H,14-15,17-18H2,1-3H3,(H2,26,27,28). The summed E-state index contributed by atoms with van der Waals surface area (Å²) in [5.41, 5.74) is 6.88. The molecule has 1 aliphatic heterocycles. The van der Waals surface area contributed by atoms with Gasteiger partial charge in [-0.2, -0.15) is 5.10 Å². The highest BCUT2D eigenvalue weighted by molar-refractivity contribution is 5.79. The van der Waals surface area contributed by atoms with E-state index in [0.717, 1.165) is 42.7 Å². The maximum Gasteiger partial charge on any atom is 0.191 e. The largest absolute Gasteiger partial charge is 0.364 e. The third-order valence-electron chi connectivity index (χ3n) is 5.48. The summed E-state index contributed by atoms with van der Waals surface area (Å²) in [5, 5.41) is 11.5. The lowest BCUT2D eigenvalue weighted by Crippen LogP contribution is -2.36. The van der Waals surface area contributed by atoms with E-state index in [9.17, 15) is 0 Å². The normalized spacial score (nSPS) is 13.6. The van der Waals surface area contributed by atoms with Crippen LogP contribution >= 0.6 is 0 Å². The van der Waals surface area contributed by atoms with E-state index in [2.05, 4.69) is 93.2 Å². The number of para-hydroxylation sites is 1. The quantitative estimate of drug-likeness (QED) is 0.367. The van der Waals surface area contributed by atoms with E-state index in [4.69, 9.17) is 0 Å². The zero-order valence-electron chi connectivity index (χ0n) is 18.5. The molecule has 0 amide bonds. The molecule has 0 radical (unpaired) electrons. The summed E-state index contributed by atoms with van der Waals surface area (Å²) in [6.07, 6.45) is 4.41. The van der Waals surface area contributed by atoms with Crippen molar-refractivity contribution in [3.63, 3.8) is 0 Å². The maximum absolute atomic E-state index is 4.64. The van der Waals surface area contributed by atoms with E-state index in [1.807, 2.05) is 17.7 Å². The Kier molecular flexibility index (Phi) is 6.36. The van der Waals surface area contributed by atoms with Crippen LogP contribution in [-0.2, 0) is 13.1 Å². The molecular formula is C25H30N6. The van der Waals surface area contributed by atoms with Gasteiger partial charge in [0.15, 0.2) is 5.96 Å². The van der Waals surface area contributed by atoms with E-state index in [1.54, 1.807) is 7.05 Å². The summed E-state index contributed by atoms with van der Waals surface area (Å²) >= 11 is 0. The van der Waals surface area contributed by atoms with Gasteiger partial charge in [-0.1, -0.05) is 42.5 Å². The Morgan fingerprint density at radius 3 is 2.35 bits per heavy atom. The zero-order chi connectivity index (χ0) is 21.6.